The molecule has 0 fully saturated rings. The van der Waals surface area contributed by atoms with Gasteiger partial charge in [0.1, 0.15) is 12.4 Å². The van der Waals surface area contributed by atoms with Crippen molar-refractivity contribution in [3.05, 3.63) is 64.7 Å². The highest BCUT2D eigenvalue weighted by Gasteiger charge is 1.99. The lowest BCUT2D eigenvalue weighted by Crippen LogP contribution is -2.19. The standard InChI is InChI=1S/C18H22ClNO/c1-14(2)11-20-12-15-4-3-5-16(10-15)13-21-18-8-6-17(19)7-9-18/h3-10,14,20H,11-13H2,1-2H3. The van der Waals surface area contributed by atoms with Crippen LogP contribution < -0.4 is 10.1 Å². The van der Waals surface area contributed by atoms with E-state index in [1.807, 2.05) is 24.3 Å². The largest absolute Gasteiger partial charge is 0.489 e. The Morgan fingerprint density at radius 1 is 1.05 bits per heavy atom. The molecule has 0 aliphatic carbocycles. The van der Waals surface area contributed by atoms with Crippen molar-refractivity contribution in [3.63, 3.8) is 0 Å². The number of rotatable bonds is 7. The van der Waals surface area contributed by atoms with Crippen LogP contribution in [0.5, 0.6) is 5.75 Å². The highest BCUT2D eigenvalue weighted by atomic mass is 35.5. The Labute approximate surface area is 132 Å². The van der Waals surface area contributed by atoms with Gasteiger partial charge in [0.2, 0.25) is 0 Å². The van der Waals surface area contributed by atoms with Crippen LogP contribution >= 0.6 is 11.6 Å². The lowest BCUT2D eigenvalue weighted by atomic mass is 10.1. The van der Waals surface area contributed by atoms with Crippen LogP contribution in [0.3, 0.4) is 0 Å². The van der Waals surface area contributed by atoms with Crippen molar-refractivity contribution in [1.29, 1.82) is 0 Å². The minimum atomic E-state index is 0.569. The summed E-state index contributed by atoms with van der Waals surface area (Å²) >= 11 is 5.86. The predicted molar refractivity (Wildman–Crippen MR) is 88.8 cm³/mol. The zero-order valence-electron chi connectivity index (χ0n) is 12.6. The lowest BCUT2D eigenvalue weighted by molar-refractivity contribution is 0.306. The summed E-state index contributed by atoms with van der Waals surface area (Å²) in [5.41, 5.74) is 2.46. The van der Waals surface area contributed by atoms with E-state index in [-0.39, 0.29) is 0 Å². The van der Waals surface area contributed by atoms with E-state index in [9.17, 15) is 0 Å². The number of hydrogen-bond acceptors (Lipinski definition) is 2. The van der Waals surface area contributed by atoms with Crippen LogP contribution in [-0.2, 0) is 13.2 Å². The maximum absolute atomic E-state index is 5.86. The van der Waals surface area contributed by atoms with Crippen molar-refractivity contribution in [2.75, 3.05) is 6.54 Å². The van der Waals surface area contributed by atoms with E-state index >= 15 is 0 Å². The monoisotopic (exact) mass is 303 g/mol. The molecule has 3 heteroatoms. The van der Waals surface area contributed by atoms with Gasteiger partial charge in [-0.2, -0.15) is 0 Å². The molecular formula is C18H22ClNO. The fraction of sp³-hybridized carbons (Fsp3) is 0.333. The van der Waals surface area contributed by atoms with Gasteiger partial charge in [0, 0.05) is 11.6 Å². The van der Waals surface area contributed by atoms with Gasteiger partial charge in [-0.25, -0.2) is 0 Å². The minimum Gasteiger partial charge on any atom is -0.489 e. The molecular weight excluding hydrogens is 282 g/mol. The molecule has 112 valence electrons. The maximum Gasteiger partial charge on any atom is 0.119 e. The van der Waals surface area contributed by atoms with Crippen LogP contribution in [0.4, 0.5) is 0 Å². The van der Waals surface area contributed by atoms with E-state index in [0.717, 1.165) is 23.9 Å². The first-order valence-corrected chi connectivity index (χ1v) is 7.68. The first kappa shape index (κ1) is 15.9. The zero-order valence-corrected chi connectivity index (χ0v) is 13.4. The average Bonchev–Trinajstić information content (AvgIpc) is 2.47. The summed E-state index contributed by atoms with van der Waals surface area (Å²) in [5, 5.41) is 4.18. The molecule has 0 aliphatic rings. The number of ether oxygens (including phenoxy) is 1. The second-order valence-corrected chi connectivity index (χ2v) is 6.02. The molecule has 0 unspecified atom stereocenters. The van der Waals surface area contributed by atoms with Gasteiger partial charge in [0.25, 0.3) is 0 Å². The first-order valence-electron chi connectivity index (χ1n) is 7.30. The highest BCUT2D eigenvalue weighted by molar-refractivity contribution is 6.30. The van der Waals surface area contributed by atoms with E-state index in [0.29, 0.717) is 12.5 Å². The van der Waals surface area contributed by atoms with Crippen LogP contribution in [0.1, 0.15) is 25.0 Å². The van der Waals surface area contributed by atoms with Crippen LogP contribution in [0.25, 0.3) is 0 Å². The van der Waals surface area contributed by atoms with E-state index in [1.54, 1.807) is 0 Å². The van der Waals surface area contributed by atoms with Crippen molar-refractivity contribution < 1.29 is 4.74 Å². The zero-order chi connectivity index (χ0) is 15.1. The van der Waals surface area contributed by atoms with Crippen molar-refractivity contribution in [2.24, 2.45) is 5.92 Å². The number of nitrogens with one attached hydrogen (secondary N) is 1. The maximum atomic E-state index is 5.86. The minimum absolute atomic E-state index is 0.569. The molecule has 0 amide bonds. The molecule has 0 radical (unpaired) electrons. The molecule has 0 saturated carbocycles. The summed E-state index contributed by atoms with van der Waals surface area (Å²) in [5.74, 6) is 1.50. The van der Waals surface area contributed by atoms with Gasteiger partial charge >= 0.3 is 0 Å². The molecule has 2 nitrogen and oxygen atoms in total. The van der Waals surface area contributed by atoms with Gasteiger partial charge in [-0.05, 0) is 47.9 Å². The third-order valence-corrected chi connectivity index (χ3v) is 3.34. The van der Waals surface area contributed by atoms with Crippen LogP contribution in [0.2, 0.25) is 5.02 Å². The third-order valence-electron chi connectivity index (χ3n) is 3.09. The Balaban J connectivity index is 1.87. The predicted octanol–water partition coefficient (Wildman–Crippen LogP) is 4.66. The Bertz CT molecular complexity index is 551. The van der Waals surface area contributed by atoms with E-state index in [1.165, 1.54) is 11.1 Å². The third kappa shape index (κ3) is 5.78. The van der Waals surface area contributed by atoms with Gasteiger partial charge in [-0.15, -0.1) is 0 Å². The number of benzene rings is 2. The highest BCUT2D eigenvalue weighted by Crippen LogP contribution is 2.17. The second-order valence-electron chi connectivity index (χ2n) is 5.59. The van der Waals surface area contributed by atoms with Crippen LogP contribution in [0, 0.1) is 5.92 Å². The molecule has 0 spiro atoms. The molecule has 0 aromatic heterocycles. The van der Waals surface area contributed by atoms with Gasteiger partial charge in [0.15, 0.2) is 0 Å². The fourth-order valence-corrected chi connectivity index (χ4v) is 2.16. The summed E-state index contributed by atoms with van der Waals surface area (Å²) in [6.45, 7) is 6.92. The fourth-order valence-electron chi connectivity index (χ4n) is 2.03. The van der Waals surface area contributed by atoms with Crippen molar-refractivity contribution in [3.8, 4) is 5.75 Å². The Hall–Kier alpha value is -1.51. The summed E-state index contributed by atoms with van der Waals surface area (Å²) < 4.78 is 5.77. The van der Waals surface area contributed by atoms with Crippen molar-refractivity contribution in [2.45, 2.75) is 27.0 Å². The molecule has 21 heavy (non-hydrogen) atoms. The normalized spacial score (nSPS) is 10.9. The molecule has 0 saturated heterocycles. The summed E-state index contributed by atoms with van der Waals surface area (Å²) in [6, 6.07) is 15.9. The number of halogens is 1. The van der Waals surface area contributed by atoms with Gasteiger partial charge in [-0.3, -0.25) is 0 Å². The van der Waals surface area contributed by atoms with Gasteiger partial charge in [-0.1, -0.05) is 49.7 Å². The van der Waals surface area contributed by atoms with Crippen LogP contribution in [0.15, 0.2) is 48.5 Å². The van der Waals surface area contributed by atoms with E-state index < -0.39 is 0 Å². The summed E-state index contributed by atoms with van der Waals surface area (Å²) in [4.78, 5) is 0. The Kier molecular flexibility index (Phi) is 6.09. The van der Waals surface area contributed by atoms with Gasteiger partial charge < -0.3 is 10.1 Å². The quantitative estimate of drug-likeness (QED) is 0.803. The molecule has 2 aromatic rings. The SMILES string of the molecule is CC(C)CNCc1cccc(COc2ccc(Cl)cc2)c1. The van der Waals surface area contributed by atoms with E-state index in [2.05, 4.69) is 43.4 Å². The van der Waals surface area contributed by atoms with Crippen LogP contribution in [-0.4, -0.2) is 6.54 Å². The Morgan fingerprint density at radius 3 is 2.48 bits per heavy atom. The Morgan fingerprint density at radius 2 is 1.76 bits per heavy atom. The average molecular weight is 304 g/mol. The molecule has 2 rings (SSSR count). The van der Waals surface area contributed by atoms with E-state index in [4.69, 9.17) is 16.3 Å². The second kappa shape index (κ2) is 8.06. The summed E-state index contributed by atoms with van der Waals surface area (Å²) in [6.07, 6.45) is 0. The molecule has 0 atom stereocenters. The lowest BCUT2D eigenvalue weighted by Gasteiger charge is -2.10. The summed E-state index contributed by atoms with van der Waals surface area (Å²) in [7, 11) is 0. The smallest absolute Gasteiger partial charge is 0.119 e. The first-order chi connectivity index (χ1) is 10.1. The molecule has 0 heterocycles. The topological polar surface area (TPSA) is 21.3 Å². The number of hydrogen-bond donors (Lipinski definition) is 1. The molecule has 1 N–H and O–H groups in total. The van der Waals surface area contributed by atoms with Crippen molar-refractivity contribution in [1.82, 2.24) is 5.32 Å². The molecule has 0 bridgehead atoms. The van der Waals surface area contributed by atoms with Gasteiger partial charge in [0.05, 0.1) is 0 Å². The molecule has 0 aliphatic heterocycles. The molecule has 2 aromatic carbocycles. The van der Waals surface area contributed by atoms with Crippen molar-refractivity contribution >= 4 is 11.6 Å².